The van der Waals surface area contributed by atoms with Crippen molar-refractivity contribution in [1.82, 2.24) is 15.3 Å². The molecule has 1 heterocycles. The Morgan fingerprint density at radius 3 is 2.47 bits per heavy atom. The van der Waals surface area contributed by atoms with Crippen LogP contribution in [0.2, 0.25) is 0 Å². The average molecular weight is 320 g/mol. The van der Waals surface area contributed by atoms with Gasteiger partial charge in [-0.1, -0.05) is 35.0 Å². The zero-order valence-corrected chi connectivity index (χ0v) is 12.8. The first-order chi connectivity index (χ1) is 9.19. The predicted octanol–water partition coefficient (Wildman–Crippen LogP) is 3.44. The third-order valence-electron chi connectivity index (χ3n) is 2.96. The fraction of sp³-hybridized carbons (Fsp3) is 0.333. The molecule has 3 nitrogen and oxygen atoms in total. The van der Waals surface area contributed by atoms with Crippen LogP contribution < -0.4 is 5.32 Å². The van der Waals surface area contributed by atoms with E-state index < -0.39 is 0 Å². The Bertz CT molecular complexity index is 508. The molecule has 100 valence electrons. The van der Waals surface area contributed by atoms with Crippen LogP contribution >= 0.6 is 15.9 Å². The second kappa shape index (κ2) is 6.78. The summed E-state index contributed by atoms with van der Waals surface area (Å²) in [6.45, 7) is 4.97. The van der Waals surface area contributed by atoms with Crippen LogP contribution in [0, 0.1) is 6.92 Å². The highest BCUT2D eigenvalue weighted by molar-refractivity contribution is 9.10. The normalized spacial score (nSPS) is 12.4. The van der Waals surface area contributed by atoms with Gasteiger partial charge in [-0.05, 0) is 37.6 Å². The van der Waals surface area contributed by atoms with Crippen molar-refractivity contribution in [2.75, 3.05) is 6.54 Å². The molecule has 1 aromatic heterocycles. The molecule has 1 atom stereocenters. The summed E-state index contributed by atoms with van der Waals surface area (Å²) in [6.07, 6.45) is 4.60. The molecule has 0 saturated carbocycles. The molecule has 0 spiro atoms. The Morgan fingerprint density at radius 2 is 1.89 bits per heavy atom. The summed E-state index contributed by atoms with van der Waals surface area (Å²) in [7, 11) is 0. The van der Waals surface area contributed by atoms with Gasteiger partial charge in [-0.25, -0.2) is 0 Å². The number of aryl methyl sites for hydroxylation is 1. The van der Waals surface area contributed by atoms with Crippen LogP contribution in [0.5, 0.6) is 0 Å². The topological polar surface area (TPSA) is 37.8 Å². The van der Waals surface area contributed by atoms with Crippen molar-refractivity contribution < 1.29 is 0 Å². The molecule has 1 unspecified atom stereocenters. The zero-order valence-electron chi connectivity index (χ0n) is 11.2. The molecule has 1 N–H and O–H groups in total. The maximum Gasteiger partial charge on any atom is 0.0759 e. The number of halogens is 1. The maximum atomic E-state index is 4.48. The van der Waals surface area contributed by atoms with Crippen LogP contribution in [-0.4, -0.2) is 16.5 Å². The highest BCUT2D eigenvalue weighted by Crippen LogP contribution is 2.18. The van der Waals surface area contributed by atoms with E-state index in [0.717, 1.165) is 28.8 Å². The summed E-state index contributed by atoms with van der Waals surface area (Å²) in [5.41, 5.74) is 3.23. The van der Waals surface area contributed by atoms with E-state index in [-0.39, 0.29) is 6.04 Å². The number of hydrogen-bond donors (Lipinski definition) is 1. The molecule has 0 amide bonds. The van der Waals surface area contributed by atoms with E-state index in [2.05, 4.69) is 62.4 Å². The third-order valence-corrected chi connectivity index (χ3v) is 3.49. The highest BCUT2D eigenvalue weighted by atomic mass is 79.9. The van der Waals surface area contributed by atoms with Gasteiger partial charge in [0.2, 0.25) is 0 Å². The van der Waals surface area contributed by atoms with Crippen molar-refractivity contribution in [2.45, 2.75) is 26.3 Å². The lowest BCUT2D eigenvalue weighted by molar-refractivity contribution is 0.534. The van der Waals surface area contributed by atoms with Crippen LogP contribution in [0.15, 0.2) is 41.1 Å². The number of nitrogens with one attached hydrogen (secondary N) is 1. The molecule has 0 saturated heterocycles. The summed E-state index contributed by atoms with van der Waals surface area (Å²) in [6, 6.07) is 8.61. The largest absolute Gasteiger partial charge is 0.309 e. The van der Waals surface area contributed by atoms with Crippen LogP contribution in [0.1, 0.15) is 29.9 Å². The molecular formula is C15H18BrN3. The number of benzene rings is 1. The van der Waals surface area contributed by atoms with Gasteiger partial charge in [-0.15, -0.1) is 0 Å². The highest BCUT2D eigenvalue weighted by Gasteiger charge is 2.12. The fourth-order valence-corrected chi connectivity index (χ4v) is 2.23. The zero-order chi connectivity index (χ0) is 13.7. The molecular weight excluding hydrogens is 302 g/mol. The van der Waals surface area contributed by atoms with Gasteiger partial charge < -0.3 is 5.32 Å². The Hall–Kier alpha value is -1.26. The van der Waals surface area contributed by atoms with Gasteiger partial charge in [0.05, 0.1) is 23.6 Å². The Balaban J connectivity index is 2.15. The van der Waals surface area contributed by atoms with Crippen LogP contribution in [0.4, 0.5) is 0 Å². The van der Waals surface area contributed by atoms with Gasteiger partial charge in [0.25, 0.3) is 0 Å². The lowest BCUT2D eigenvalue weighted by Crippen LogP contribution is -2.24. The first kappa shape index (κ1) is 14.2. The summed E-state index contributed by atoms with van der Waals surface area (Å²) in [5, 5.41) is 3.47. The van der Waals surface area contributed by atoms with Gasteiger partial charge in [0.15, 0.2) is 0 Å². The minimum absolute atomic E-state index is 0.208. The molecule has 4 heteroatoms. The fourth-order valence-electron chi connectivity index (χ4n) is 1.97. The van der Waals surface area contributed by atoms with Gasteiger partial charge in [-0.2, -0.15) is 0 Å². The SMILES string of the molecule is CCNC(Cc1ccc(Br)cc1)c1cnc(C)cn1. The van der Waals surface area contributed by atoms with Crippen molar-refractivity contribution in [3.63, 3.8) is 0 Å². The summed E-state index contributed by atoms with van der Waals surface area (Å²) < 4.78 is 1.10. The molecule has 1 aromatic carbocycles. The number of likely N-dealkylation sites (N-methyl/N-ethyl adjacent to an activating group) is 1. The molecule has 2 rings (SSSR count). The van der Waals surface area contributed by atoms with E-state index >= 15 is 0 Å². The summed E-state index contributed by atoms with van der Waals surface area (Å²) >= 11 is 3.46. The monoisotopic (exact) mass is 319 g/mol. The third kappa shape index (κ3) is 4.11. The number of aromatic nitrogens is 2. The minimum Gasteiger partial charge on any atom is -0.309 e. The maximum absolute atomic E-state index is 4.48. The number of rotatable bonds is 5. The smallest absolute Gasteiger partial charge is 0.0759 e. The van der Waals surface area contributed by atoms with Gasteiger partial charge >= 0.3 is 0 Å². The van der Waals surface area contributed by atoms with Crippen LogP contribution in [0.3, 0.4) is 0 Å². The van der Waals surface area contributed by atoms with Gasteiger partial charge in [0, 0.05) is 10.7 Å². The molecule has 19 heavy (non-hydrogen) atoms. The van der Waals surface area contributed by atoms with E-state index in [0.29, 0.717) is 0 Å². The van der Waals surface area contributed by atoms with E-state index in [1.165, 1.54) is 5.56 Å². The van der Waals surface area contributed by atoms with Crippen molar-refractivity contribution in [3.8, 4) is 0 Å². The van der Waals surface area contributed by atoms with Crippen molar-refractivity contribution in [3.05, 3.63) is 58.1 Å². The van der Waals surface area contributed by atoms with Crippen molar-refractivity contribution in [2.24, 2.45) is 0 Å². The first-order valence-electron chi connectivity index (χ1n) is 6.45. The van der Waals surface area contributed by atoms with Crippen molar-refractivity contribution >= 4 is 15.9 Å². The summed E-state index contributed by atoms with van der Waals surface area (Å²) in [4.78, 5) is 8.80. The van der Waals surface area contributed by atoms with Crippen LogP contribution in [0.25, 0.3) is 0 Å². The molecule has 0 fully saturated rings. The standard InChI is InChI=1S/C15H18BrN3/c1-3-17-14(15-10-18-11(2)9-19-15)8-12-4-6-13(16)7-5-12/h4-7,9-10,14,17H,3,8H2,1-2H3. The number of nitrogens with zero attached hydrogens (tertiary/aromatic N) is 2. The lowest BCUT2D eigenvalue weighted by Gasteiger charge is -2.17. The molecule has 0 aliphatic heterocycles. The van der Waals surface area contributed by atoms with E-state index in [1.807, 2.05) is 19.3 Å². The quantitative estimate of drug-likeness (QED) is 0.917. The Labute approximate surface area is 122 Å². The Kier molecular flexibility index (Phi) is 5.05. The predicted molar refractivity (Wildman–Crippen MR) is 81.0 cm³/mol. The van der Waals surface area contributed by atoms with E-state index in [1.54, 1.807) is 0 Å². The number of hydrogen-bond acceptors (Lipinski definition) is 3. The molecule has 0 aliphatic rings. The van der Waals surface area contributed by atoms with Gasteiger partial charge in [0.1, 0.15) is 0 Å². The van der Waals surface area contributed by atoms with E-state index in [9.17, 15) is 0 Å². The lowest BCUT2D eigenvalue weighted by atomic mass is 10.0. The summed E-state index contributed by atoms with van der Waals surface area (Å²) in [5.74, 6) is 0. The first-order valence-corrected chi connectivity index (χ1v) is 7.24. The second-order valence-electron chi connectivity index (χ2n) is 4.52. The van der Waals surface area contributed by atoms with Crippen LogP contribution in [-0.2, 0) is 6.42 Å². The molecule has 0 bridgehead atoms. The van der Waals surface area contributed by atoms with Crippen molar-refractivity contribution in [1.29, 1.82) is 0 Å². The van der Waals surface area contributed by atoms with Gasteiger partial charge in [-0.3, -0.25) is 9.97 Å². The molecule has 2 aromatic rings. The minimum atomic E-state index is 0.208. The average Bonchev–Trinajstić information content (AvgIpc) is 2.42. The molecule has 0 radical (unpaired) electrons. The molecule has 0 aliphatic carbocycles. The Morgan fingerprint density at radius 1 is 1.16 bits per heavy atom. The van der Waals surface area contributed by atoms with E-state index in [4.69, 9.17) is 0 Å². The second-order valence-corrected chi connectivity index (χ2v) is 5.44.